The lowest BCUT2D eigenvalue weighted by molar-refractivity contribution is 0.0911. The summed E-state index contributed by atoms with van der Waals surface area (Å²) < 4.78 is 0. The summed E-state index contributed by atoms with van der Waals surface area (Å²) in [5.41, 5.74) is 2.35. The van der Waals surface area contributed by atoms with Crippen LogP contribution in [-0.4, -0.2) is 46.7 Å². The molecule has 0 saturated carbocycles. The monoisotopic (exact) mass is 362 g/mol. The number of benzene rings is 2. The molecule has 0 radical (unpaired) electrons. The number of carbonyl (C=O) groups is 1. The van der Waals surface area contributed by atoms with E-state index in [9.17, 15) is 4.79 Å². The van der Waals surface area contributed by atoms with E-state index in [0.717, 1.165) is 36.3 Å². The van der Waals surface area contributed by atoms with E-state index >= 15 is 0 Å². The molecule has 1 unspecified atom stereocenters. The van der Waals surface area contributed by atoms with Gasteiger partial charge in [0.05, 0.1) is 5.69 Å². The molecule has 1 aliphatic heterocycles. The smallest absolute Gasteiger partial charge is 0.269 e. The van der Waals surface area contributed by atoms with E-state index in [4.69, 9.17) is 0 Å². The van der Waals surface area contributed by atoms with E-state index in [2.05, 4.69) is 65.5 Å². The van der Waals surface area contributed by atoms with Crippen LogP contribution in [0.1, 0.15) is 31.3 Å². The summed E-state index contributed by atoms with van der Waals surface area (Å²) in [5, 5.41) is 12.8. The van der Waals surface area contributed by atoms with Crippen molar-refractivity contribution in [2.75, 3.05) is 19.6 Å². The highest BCUT2D eigenvalue weighted by Gasteiger charge is 2.39. The summed E-state index contributed by atoms with van der Waals surface area (Å²) >= 11 is 0. The number of nitrogens with zero attached hydrogens (tertiary/aromatic N) is 2. The largest absolute Gasteiger partial charge is 0.346 e. The fourth-order valence-electron chi connectivity index (χ4n) is 3.91. The normalized spacial score (nSPS) is 19.4. The highest BCUT2D eigenvalue weighted by Crippen LogP contribution is 2.30. The maximum absolute atomic E-state index is 12.7. The van der Waals surface area contributed by atoms with Crippen molar-refractivity contribution in [1.29, 1.82) is 0 Å². The molecule has 5 heteroatoms. The molecule has 5 nitrogen and oxygen atoms in total. The summed E-state index contributed by atoms with van der Waals surface area (Å²) in [4.78, 5) is 15.1. The van der Waals surface area contributed by atoms with Crippen LogP contribution in [0.2, 0.25) is 0 Å². The SMILES string of the molecule is CCN1CC(NC(=O)c2cc(-c3ccc4ccccc4c3)n[nH]2)C(C)(C)C1. The van der Waals surface area contributed by atoms with E-state index < -0.39 is 0 Å². The van der Waals surface area contributed by atoms with Crippen LogP contribution in [0, 0.1) is 5.41 Å². The Balaban J connectivity index is 1.52. The highest BCUT2D eigenvalue weighted by atomic mass is 16.2. The maximum Gasteiger partial charge on any atom is 0.269 e. The molecule has 2 N–H and O–H groups in total. The molecule has 140 valence electrons. The number of likely N-dealkylation sites (N-methyl/N-ethyl adjacent to an activating group) is 1. The number of hydrogen-bond acceptors (Lipinski definition) is 3. The van der Waals surface area contributed by atoms with Crippen LogP contribution < -0.4 is 5.32 Å². The van der Waals surface area contributed by atoms with E-state index in [1.165, 1.54) is 5.39 Å². The number of fused-ring (bicyclic) bond motifs is 1. The number of hydrogen-bond donors (Lipinski definition) is 2. The molecular weight excluding hydrogens is 336 g/mol. The molecule has 2 aromatic carbocycles. The molecule has 0 bridgehead atoms. The first-order valence-electron chi connectivity index (χ1n) is 9.54. The first kappa shape index (κ1) is 17.7. The number of aromatic amines is 1. The Kier molecular flexibility index (Phi) is 4.48. The van der Waals surface area contributed by atoms with Gasteiger partial charge in [0.15, 0.2) is 0 Å². The number of nitrogens with one attached hydrogen (secondary N) is 2. The van der Waals surface area contributed by atoms with Crippen LogP contribution in [0.4, 0.5) is 0 Å². The van der Waals surface area contributed by atoms with Gasteiger partial charge < -0.3 is 10.2 Å². The fraction of sp³-hybridized carbons (Fsp3) is 0.364. The third-order valence-corrected chi connectivity index (χ3v) is 5.64. The zero-order chi connectivity index (χ0) is 19.0. The maximum atomic E-state index is 12.7. The summed E-state index contributed by atoms with van der Waals surface area (Å²) in [6.07, 6.45) is 0. The molecule has 4 rings (SSSR count). The molecule has 3 aromatic rings. The van der Waals surface area contributed by atoms with Gasteiger partial charge in [0, 0.05) is 24.7 Å². The lowest BCUT2D eigenvalue weighted by Gasteiger charge is -2.26. The van der Waals surface area contributed by atoms with Crippen LogP contribution in [0.25, 0.3) is 22.0 Å². The number of likely N-dealkylation sites (tertiary alicyclic amines) is 1. The van der Waals surface area contributed by atoms with Crippen molar-refractivity contribution < 1.29 is 4.79 Å². The zero-order valence-electron chi connectivity index (χ0n) is 16.1. The number of rotatable bonds is 4. The second kappa shape index (κ2) is 6.82. The first-order valence-corrected chi connectivity index (χ1v) is 9.54. The molecule has 1 atom stereocenters. The summed E-state index contributed by atoms with van der Waals surface area (Å²) in [6.45, 7) is 9.47. The van der Waals surface area contributed by atoms with Crippen LogP contribution in [-0.2, 0) is 0 Å². The molecule has 2 heterocycles. The average Bonchev–Trinajstić information content (AvgIpc) is 3.26. The Morgan fingerprint density at radius 2 is 2.00 bits per heavy atom. The van der Waals surface area contributed by atoms with Gasteiger partial charge >= 0.3 is 0 Å². The lowest BCUT2D eigenvalue weighted by Crippen LogP contribution is -2.44. The van der Waals surface area contributed by atoms with Gasteiger partial charge in [-0.25, -0.2) is 0 Å². The van der Waals surface area contributed by atoms with Gasteiger partial charge in [0.2, 0.25) is 0 Å². The van der Waals surface area contributed by atoms with Crippen molar-refractivity contribution in [2.45, 2.75) is 26.8 Å². The number of carbonyl (C=O) groups excluding carboxylic acids is 1. The third kappa shape index (κ3) is 3.47. The van der Waals surface area contributed by atoms with E-state index in [0.29, 0.717) is 5.69 Å². The van der Waals surface area contributed by atoms with Crippen LogP contribution in [0.5, 0.6) is 0 Å². The van der Waals surface area contributed by atoms with Gasteiger partial charge in [-0.2, -0.15) is 5.10 Å². The molecular formula is C22H26N4O. The Bertz CT molecular complexity index is 975. The van der Waals surface area contributed by atoms with Gasteiger partial charge in [-0.05, 0) is 34.9 Å². The Labute approximate surface area is 159 Å². The van der Waals surface area contributed by atoms with E-state index in [1.807, 2.05) is 24.3 Å². The van der Waals surface area contributed by atoms with Crippen molar-refractivity contribution in [3.05, 3.63) is 54.2 Å². The van der Waals surface area contributed by atoms with Crippen molar-refractivity contribution in [3.8, 4) is 11.3 Å². The molecule has 1 aliphatic rings. The average molecular weight is 362 g/mol. The lowest BCUT2D eigenvalue weighted by atomic mass is 9.88. The Morgan fingerprint density at radius 3 is 2.74 bits per heavy atom. The topological polar surface area (TPSA) is 61.0 Å². The molecule has 27 heavy (non-hydrogen) atoms. The van der Waals surface area contributed by atoms with Gasteiger partial charge in [0.25, 0.3) is 5.91 Å². The summed E-state index contributed by atoms with van der Waals surface area (Å²) in [7, 11) is 0. The van der Waals surface area contributed by atoms with Gasteiger partial charge in [-0.1, -0.05) is 57.2 Å². The summed E-state index contributed by atoms with van der Waals surface area (Å²) in [5.74, 6) is -0.0921. The minimum Gasteiger partial charge on any atom is -0.346 e. The highest BCUT2D eigenvalue weighted by molar-refractivity contribution is 5.94. The molecule has 0 spiro atoms. The standard InChI is InChI=1S/C22H26N4O/c1-4-26-13-20(22(2,3)14-26)23-21(27)19-12-18(24-25-19)17-10-9-15-7-5-6-8-16(15)11-17/h5-12,20H,4,13-14H2,1-3H3,(H,23,27)(H,24,25). The van der Waals surface area contributed by atoms with Gasteiger partial charge in [-0.3, -0.25) is 9.89 Å². The van der Waals surface area contributed by atoms with E-state index in [-0.39, 0.29) is 17.4 Å². The number of aromatic nitrogens is 2. The van der Waals surface area contributed by atoms with Crippen molar-refractivity contribution in [1.82, 2.24) is 20.4 Å². The summed E-state index contributed by atoms with van der Waals surface area (Å²) in [6, 6.07) is 16.4. The van der Waals surface area contributed by atoms with Crippen LogP contribution >= 0.6 is 0 Å². The van der Waals surface area contributed by atoms with Crippen LogP contribution in [0.3, 0.4) is 0 Å². The second-order valence-electron chi connectivity index (χ2n) is 8.07. The predicted octanol–water partition coefficient (Wildman–Crippen LogP) is 3.69. The zero-order valence-corrected chi connectivity index (χ0v) is 16.1. The third-order valence-electron chi connectivity index (χ3n) is 5.64. The number of amides is 1. The second-order valence-corrected chi connectivity index (χ2v) is 8.07. The van der Waals surface area contributed by atoms with Crippen molar-refractivity contribution >= 4 is 16.7 Å². The molecule has 1 amide bonds. The van der Waals surface area contributed by atoms with Crippen molar-refractivity contribution in [2.24, 2.45) is 5.41 Å². The number of H-pyrrole nitrogens is 1. The van der Waals surface area contributed by atoms with Gasteiger partial charge in [0.1, 0.15) is 5.69 Å². The van der Waals surface area contributed by atoms with Crippen LogP contribution in [0.15, 0.2) is 48.5 Å². The molecule has 1 aromatic heterocycles. The molecule has 1 fully saturated rings. The minimum atomic E-state index is -0.0921. The Hall–Kier alpha value is -2.66. The quantitative estimate of drug-likeness (QED) is 0.744. The molecule has 0 aliphatic carbocycles. The van der Waals surface area contributed by atoms with E-state index in [1.54, 1.807) is 0 Å². The minimum absolute atomic E-state index is 0.0624. The predicted molar refractivity (Wildman–Crippen MR) is 109 cm³/mol. The molecule has 1 saturated heterocycles. The fourth-order valence-corrected chi connectivity index (χ4v) is 3.91. The van der Waals surface area contributed by atoms with Crippen molar-refractivity contribution in [3.63, 3.8) is 0 Å². The van der Waals surface area contributed by atoms with Gasteiger partial charge in [-0.15, -0.1) is 0 Å². The Morgan fingerprint density at radius 1 is 1.22 bits per heavy atom. The first-order chi connectivity index (χ1) is 13.0.